The first kappa shape index (κ1) is 23.6. The van der Waals surface area contributed by atoms with E-state index in [1.54, 1.807) is 27.8 Å². The van der Waals surface area contributed by atoms with Gasteiger partial charge in [-0.15, -0.1) is 24.0 Å². The summed E-state index contributed by atoms with van der Waals surface area (Å²) in [6.45, 7) is 6.17. The molecule has 24 heavy (non-hydrogen) atoms. The summed E-state index contributed by atoms with van der Waals surface area (Å²) in [5, 5.41) is 3.12. The maximum Gasteiger partial charge on any atom is 0.193 e. The summed E-state index contributed by atoms with van der Waals surface area (Å²) in [6, 6.07) is 7.99. The molecular formula is C16H27BrIN3O2S. The van der Waals surface area contributed by atoms with E-state index >= 15 is 0 Å². The summed E-state index contributed by atoms with van der Waals surface area (Å²) in [7, 11) is 0.479. The number of halogens is 2. The standard InChI is InChI=1S/C16H26BrN3O2S.HI/c1-16(2,3)23(21,22)11-10-19-15(18-4)20(5)12-13-8-6-7-9-14(13)17;/h6-9H,10-12H2,1-5H3,(H,18,19);1H. The van der Waals surface area contributed by atoms with Crippen LogP contribution in [0.2, 0.25) is 0 Å². The molecule has 1 aromatic rings. The summed E-state index contributed by atoms with van der Waals surface area (Å²) < 4.78 is 24.6. The Morgan fingerprint density at radius 3 is 2.38 bits per heavy atom. The van der Waals surface area contributed by atoms with Crippen LogP contribution in [-0.4, -0.2) is 50.4 Å². The predicted octanol–water partition coefficient (Wildman–Crippen LogP) is 3.29. The molecule has 0 saturated heterocycles. The Balaban J connectivity index is 0.00000529. The van der Waals surface area contributed by atoms with Gasteiger partial charge in [0.1, 0.15) is 0 Å². The lowest BCUT2D eigenvalue weighted by atomic mass is 10.2. The number of benzene rings is 1. The highest BCUT2D eigenvalue weighted by molar-refractivity contribution is 14.0. The highest BCUT2D eigenvalue weighted by atomic mass is 127. The van der Waals surface area contributed by atoms with Gasteiger partial charge in [-0.25, -0.2) is 8.42 Å². The average molecular weight is 532 g/mol. The lowest BCUT2D eigenvalue weighted by Crippen LogP contribution is -2.42. The van der Waals surface area contributed by atoms with Crippen molar-refractivity contribution in [3.8, 4) is 0 Å². The quantitative estimate of drug-likeness (QED) is 0.360. The average Bonchev–Trinajstić information content (AvgIpc) is 2.44. The van der Waals surface area contributed by atoms with Crippen LogP contribution in [0, 0.1) is 0 Å². The van der Waals surface area contributed by atoms with Gasteiger partial charge in [0, 0.05) is 31.7 Å². The highest BCUT2D eigenvalue weighted by Crippen LogP contribution is 2.17. The minimum Gasteiger partial charge on any atom is -0.355 e. The maximum absolute atomic E-state index is 12.1. The molecule has 0 aliphatic carbocycles. The lowest BCUT2D eigenvalue weighted by Gasteiger charge is -2.24. The Hall–Kier alpha value is -0.350. The van der Waals surface area contributed by atoms with Gasteiger partial charge in [0.05, 0.1) is 10.5 Å². The molecule has 0 atom stereocenters. The fraction of sp³-hybridized carbons (Fsp3) is 0.562. The monoisotopic (exact) mass is 531 g/mol. The first-order valence-corrected chi connectivity index (χ1v) is 9.90. The Kier molecular flexibility index (Phi) is 9.81. The third kappa shape index (κ3) is 6.87. The normalized spacial score (nSPS) is 12.5. The summed E-state index contributed by atoms with van der Waals surface area (Å²) in [5.41, 5.74) is 1.14. The highest BCUT2D eigenvalue weighted by Gasteiger charge is 2.28. The van der Waals surface area contributed by atoms with Gasteiger partial charge in [0.2, 0.25) is 0 Å². The second kappa shape index (κ2) is 9.96. The van der Waals surface area contributed by atoms with Crippen molar-refractivity contribution >= 4 is 55.7 Å². The number of guanidine groups is 1. The van der Waals surface area contributed by atoms with E-state index in [9.17, 15) is 8.42 Å². The predicted molar refractivity (Wildman–Crippen MR) is 116 cm³/mol. The van der Waals surface area contributed by atoms with Crippen LogP contribution >= 0.6 is 39.9 Å². The van der Waals surface area contributed by atoms with Gasteiger partial charge in [-0.1, -0.05) is 34.1 Å². The number of hydrogen-bond acceptors (Lipinski definition) is 3. The van der Waals surface area contributed by atoms with Gasteiger partial charge in [-0.3, -0.25) is 4.99 Å². The van der Waals surface area contributed by atoms with E-state index in [0.717, 1.165) is 10.0 Å². The molecular weight excluding hydrogens is 505 g/mol. The van der Waals surface area contributed by atoms with Crippen LogP contribution in [0.3, 0.4) is 0 Å². The molecule has 138 valence electrons. The summed E-state index contributed by atoms with van der Waals surface area (Å²) >= 11 is 3.53. The molecule has 1 N–H and O–H groups in total. The molecule has 0 spiro atoms. The van der Waals surface area contributed by atoms with Crippen molar-refractivity contribution in [2.75, 3.05) is 26.4 Å². The number of sulfone groups is 1. The van der Waals surface area contributed by atoms with Gasteiger partial charge in [-0.05, 0) is 32.4 Å². The first-order chi connectivity index (χ1) is 10.6. The van der Waals surface area contributed by atoms with Gasteiger partial charge >= 0.3 is 0 Å². The molecule has 0 saturated carbocycles. The van der Waals surface area contributed by atoms with Crippen molar-refractivity contribution in [1.29, 1.82) is 0 Å². The molecule has 8 heteroatoms. The van der Waals surface area contributed by atoms with E-state index in [1.807, 2.05) is 36.2 Å². The van der Waals surface area contributed by atoms with Gasteiger partial charge in [0.15, 0.2) is 15.8 Å². The van der Waals surface area contributed by atoms with Gasteiger partial charge in [0.25, 0.3) is 0 Å². The zero-order chi connectivity index (χ0) is 17.7. The Morgan fingerprint density at radius 1 is 1.29 bits per heavy atom. The van der Waals surface area contributed by atoms with Crippen LogP contribution in [0.4, 0.5) is 0 Å². The number of nitrogens with zero attached hydrogens (tertiary/aromatic N) is 2. The van der Waals surface area contributed by atoms with Crippen molar-refractivity contribution < 1.29 is 8.42 Å². The molecule has 0 aliphatic rings. The van der Waals surface area contributed by atoms with Crippen molar-refractivity contribution in [2.45, 2.75) is 32.1 Å². The van der Waals surface area contributed by atoms with Crippen LogP contribution in [0.1, 0.15) is 26.3 Å². The van der Waals surface area contributed by atoms with Crippen molar-refractivity contribution in [1.82, 2.24) is 10.2 Å². The third-order valence-electron chi connectivity index (χ3n) is 3.53. The fourth-order valence-corrected chi connectivity index (χ4v) is 3.34. The fourth-order valence-electron chi connectivity index (χ4n) is 1.95. The van der Waals surface area contributed by atoms with Crippen molar-refractivity contribution in [3.63, 3.8) is 0 Å². The van der Waals surface area contributed by atoms with E-state index in [0.29, 0.717) is 19.0 Å². The van der Waals surface area contributed by atoms with E-state index in [4.69, 9.17) is 0 Å². The molecule has 0 radical (unpaired) electrons. The summed E-state index contributed by atoms with van der Waals surface area (Å²) in [5.74, 6) is 0.753. The van der Waals surface area contributed by atoms with E-state index in [2.05, 4.69) is 26.2 Å². The maximum atomic E-state index is 12.1. The molecule has 0 bridgehead atoms. The molecule has 0 amide bonds. The molecule has 1 rings (SSSR count). The minimum absolute atomic E-state index is 0. The second-order valence-electron chi connectivity index (χ2n) is 6.35. The largest absolute Gasteiger partial charge is 0.355 e. The first-order valence-electron chi connectivity index (χ1n) is 7.46. The van der Waals surface area contributed by atoms with E-state index < -0.39 is 14.6 Å². The molecule has 0 heterocycles. The number of nitrogens with one attached hydrogen (secondary N) is 1. The Bertz CT molecular complexity index is 658. The number of rotatable bonds is 5. The van der Waals surface area contributed by atoms with Crippen LogP contribution in [-0.2, 0) is 16.4 Å². The lowest BCUT2D eigenvalue weighted by molar-refractivity contribution is 0.477. The number of aliphatic imine (C=N–C) groups is 1. The van der Waals surface area contributed by atoms with Crippen LogP contribution < -0.4 is 5.32 Å². The van der Waals surface area contributed by atoms with Crippen LogP contribution in [0.5, 0.6) is 0 Å². The molecule has 5 nitrogen and oxygen atoms in total. The summed E-state index contributed by atoms with van der Waals surface area (Å²) in [6.07, 6.45) is 0. The topological polar surface area (TPSA) is 61.8 Å². The van der Waals surface area contributed by atoms with E-state index in [1.165, 1.54) is 0 Å². The SMILES string of the molecule is CN=C(NCCS(=O)(=O)C(C)(C)C)N(C)Cc1ccccc1Br.I. The number of hydrogen-bond donors (Lipinski definition) is 1. The smallest absolute Gasteiger partial charge is 0.193 e. The molecule has 1 aromatic carbocycles. The van der Waals surface area contributed by atoms with Crippen LogP contribution in [0.25, 0.3) is 0 Å². The molecule has 0 fully saturated rings. The Labute approximate surface area is 171 Å². The minimum atomic E-state index is -3.14. The Morgan fingerprint density at radius 2 is 1.88 bits per heavy atom. The molecule has 0 aliphatic heterocycles. The molecule has 0 aromatic heterocycles. The van der Waals surface area contributed by atoms with E-state index in [-0.39, 0.29) is 29.7 Å². The van der Waals surface area contributed by atoms with Crippen molar-refractivity contribution in [3.05, 3.63) is 34.3 Å². The van der Waals surface area contributed by atoms with Gasteiger partial charge < -0.3 is 10.2 Å². The van der Waals surface area contributed by atoms with Crippen LogP contribution in [0.15, 0.2) is 33.7 Å². The second-order valence-corrected chi connectivity index (χ2v) is 10.1. The zero-order valence-electron chi connectivity index (χ0n) is 14.8. The van der Waals surface area contributed by atoms with Gasteiger partial charge in [-0.2, -0.15) is 0 Å². The zero-order valence-corrected chi connectivity index (χ0v) is 19.6. The van der Waals surface area contributed by atoms with Crippen molar-refractivity contribution in [2.24, 2.45) is 4.99 Å². The molecule has 0 unspecified atom stereocenters. The summed E-state index contributed by atoms with van der Waals surface area (Å²) in [4.78, 5) is 6.18. The third-order valence-corrected chi connectivity index (χ3v) is 6.91.